The molecule has 1 aliphatic rings. The van der Waals surface area contributed by atoms with E-state index < -0.39 is 0 Å². The van der Waals surface area contributed by atoms with Gasteiger partial charge < -0.3 is 9.47 Å². The van der Waals surface area contributed by atoms with Crippen molar-refractivity contribution in [3.05, 3.63) is 0 Å². The minimum absolute atomic E-state index is 0.0422. The van der Waals surface area contributed by atoms with E-state index in [1.807, 2.05) is 0 Å². The molecule has 1 saturated heterocycles. The molecule has 4 heteroatoms. The molecule has 0 aromatic rings. The summed E-state index contributed by atoms with van der Waals surface area (Å²) < 4.78 is 10.4. The maximum Gasteiger partial charge on any atom is 0.157 e. The molecule has 0 saturated carbocycles. The SMILES string of the molecule is ClCC(Cl)CCC1OCCO1. The predicted molar refractivity (Wildman–Crippen MR) is 45.3 cm³/mol. The smallest absolute Gasteiger partial charge is 0.157 e. The molecule has 0 aromatic carbocycles. The highest BCUT2D eigenvalue weighted by molar-refractivity contribution is 6.28. The largest absolute Gasteiger partial charge is 0.350 e. The quantitative estimate of drug-likeness (QED) is 0.644. The first-order chi connectivity index (χ1) is 5.33. The van der Waals surface area contributed by atoms with Crippen LogP contribution in [-0.4, -0.2) is 30.8 Å². The van der Waals surface area contributed by atoms with Crippen LogP contribution in [0, 0.1) is 0 Å². The number of hydrogen-bond donors (Lipinski definition) is 0. The van der Waals surface area contributed by atoms with E-state index in [4.69, 9.17) is 32.7 Å². The van der Waals surface area contributed by atoms with Gasteiger partial charge in [-0.1, -0.05) is 0 Å². The molecule has 66 valence electrons. The summed E-state index contributed by atoms with van der Waals surface area (Å²) in [5.74, 6) is 0.494. The fraction of sp³-hybridized carbons (Fsp3) is 1.00. The van der Waals surface area contributed by atoms with Crippen LogP contribution in [0.5, 0.6) is 0 Å². The lowest BCUT2D eigenvalue weighted by atomic mass is 10.2. The fourth-order valence-corrected chi connectivity index (χ4v) is 1.25. The molecule has 0 amide bonds. The zero-order valence-electron chi connectivity index (χ0n) is 6.26. The standard InChI is InChI=1S/C7H12Cl2O2/c8-5-6(9)1-2-7-10-3-4-11-7/h6-7H,1-5H2. The molecule has 0 bridgehead atoms. The van der Waals surface area contributed by atoms with Gasteiger partial charge in [0.2, 0.25) is 0 Å². The lowest BCUT2D eigenvalue weighted by molar-refractivity contribution is -0.0475. The van der Waals surface area contributed by atoms with Gasteiger partial charge in [0.1, 0.15) is 0 Å². The van der Waals surface area contributed by atoms with Crippen LogP contribution >= 0.6 is 23.2 Å². The van der Waals surface area contributed by atoms with E-state index in [1.165, 1.54) is 0 Å². The summed E-state index contributed by atoms with van der Waals surface area (Å²) >= 11 is 11.3. The molecule has 1 fully saturated rings. The maximum absolute atomic E-state index is 5.80. The Morgan fingerprint density at radius 3 is 2.55 bits per heavy atom. The number of rotatable bonds is 4. The summed E-state index contributed by atoms with van der Waals surface area (Å²) in [7, 11) is 0. The third-order valence-corrected chi connectivity index (χ3v) is 2.48. The molecular weight excluding hydrogens is 187 g/mol. The monoisotopic (exact) mass is 198 g/mol. The average Bonchev–Trinajstić information content (AvgIpc) is 2.52. The van der Waals surface area contributed by atoms with Crippen LogP contribution in [0.4, 0.5) is 0 Å². The predicted octanol–water partition coefficient (Wildman–Crippen LogP) is 1.99. The van der Waals surface area contributed by atoms with Gasteiger partial charge >= 0.3 is 0 Å². The molecule has 1 heterocycles. The summed E-state index contributed by atoms with van der Waals surface area (Å²) in [6, 6.07) is 0. The van der Waals surface area contributed by atoms with Crippen LogP contribution in [0.1, 0.15) is 12.8 Å². The molecule has 11 heavy (non-hydrogen) atoms. The fourth-order valence-electron chi connectivity index (χ4n) is 0.968. The second kappa shape index (κ2) is 5.20. The lowest BCUT2D eigenvalue weighted by Gasteiger charge is -2.09. The molecule has 1 atom stereocenters. The lowest BCUT2D eigenvalue weighted by Crippen LogP contribution is -2.11. The third-order valence-electron chi connectivity index (χ3n) is 1.57. The molecule has 0 N–H and O–H groups in total. The highest BCUT2D eigenvalue weighted by Crippen LogP contribution is 2.14. The van der Waals surface area contributed by atoms with Gasteiger partial charge in [-0.2, -0.15) is 0 Å². The van der Waals surface area contributed by atoms with Crippen LogP contribution in [0.3, 0.4) is 0 Å². The van der Waals surface area contributed by atoms with Crippen molar-refractivity contribution in [1.82, 2.24) is 0 Å². The van der Waals surface area contributed by atoms with Crippen molar-refractivity contribution in [1.29, 1.82) is 0 Å². The van der Waals surface area contributed by atoms with E-state index in [2.05, 4.69) is 0 Å². The summed E-state index contributed by atoms with van der Waals surface area (Å²) in [5.41, 5.74) is 0. The van der Waals surface area contributed by atoms with E-state index in [0.29, 0.717) is 19.1 Å². The van der Waals surface area contributed by atoms with Gasteiger partial charge in [-0.15, -0.1) is 23.2 Å². The number of alkyl halides is 2. The van der Waals surface area contributed by atoms with Gasteiger partial charge in [-0.25, -0.2) is 0 Å². The molecule has 0 radical (unpaired) electrons. The highest BCUT2D eigenvalue weighted by atomic mass is 35.5. The van der Waals surface area contributed by atoms with E-state index in [-0.39, 0.29) is 11.7 Å². The molecule has 0 aliphatic carbocycles. The molecule has 0 aromatic heterocycles. The Labute approximate surface area is 76.8 Å². The normalized spacial score (nSPS) is 22.4. The molecule has 1 rings (SSSR count). The van der Waals surface area contributed by atoms with Gasteiger partial charge in [0.05, 0.1) is 13.2 Å². The van der Waals surface area contributed by atoms with E-state index in [0.717, 1.165) is 12.8 Å². The van der Waals surface area contributed by atoms with Crippen LogP contribution in [0.15, 0.2) is 0 Å². The van der Waals surface area contributed by atoms with Crippen LogP contribution in [-0.2, 0) is 9.47 Å². The average molecular weight is 199 g/mol. The van der Waals surface area contributed by atoms with Crippen molar-refractivity contribution in [3.8, 4) is 0 Å². The van der Waals surface area contributed by atoms with Gasteiger partial charge in [-0.3, -0.25) is 0 Å². The Hall–Kier alpha value is 0.500. The van der Waals surface area contributed by atoms with Crippen molar-refractivity contribution in [2.24, 2.45) is 0 Å². The second-order valence-corrected chi connectivity index (χ2v) is 3.43. The van der Waals surface area contributed by atoms with Crippen molar-refractivity contribution in [3.63, 3.8) is 0 Å². The highest BCUT2D eigenvalue weighted by Gasteiger charge is 2.16. The number of hydrogen-bond acceptors (Lipinski definition) is 2. The van der Waals surface area contributed by atoms with Crippen LogP contribution in [0.25, 0.3) is 0 Å². The van der Waals surface area contributed by atoms with Crippen molar-refractivity contribution >= 4 is 23.2 Å². The molecule has 0 spiro atoms. The minimum Gasteiger partial charge on any atom is -0.350 e. The Balaban J connectivity index is 2.01. The third kappa shape index (κ3) is 3.61. The van der Waals surface area contributed by atoms with Gasteiger partial charge in [0, 0.05) is 11.3 Å². The Morgan fingerprint density at radius 2 is 2.00 bits per heavy atom. The van der Waals surface area contributed by atoms with Crippen molar-refractivity contribution in [2.75, 3.05) is 19.1 Å². The summed E-state index contributed by atoms with van der Waals surface area (Å²) in [6.45, 7) is 1.41. The zero-order valence-corrected chi connectivity index (χ0v) is 7.77. The van der Waals surface area contributed by atoms with Crippen molar-refractivity contribution in [2.45, 2.75) is 24.5 Å². The Bertz CT molecular complexity index is 105. The van der Waals surface area contributed by atoms with Crippen LogP contribution < -0.4 is 0 Å². The molecule has 2 nitrogen and oxygen atoms in total. The summed E-state index contributed by atoms with van der Waals surface area (Å²) in [4.78, 5) is 0. The Morgan fingerprint density at radius 1 is 1.36 bits per heavy atom. The zero-order chi connectivity index (χ0) is 8.10. The Kier molecular flexibility index (Phi) is 4.53. The molecule has 1 aliphatic heterocycles. The number of halogens is 2. The van der Waals surface area contributed by atoms with E-state index >= 15 is 0 Å². The van der Waals surface area contributed by atoms with Gasteiger partial charge in [0.15, 0.2) is 6.29 Å². The van der Waals surface area contributed by atoms with Crippen molar-refractivity contribution < 1.29 is 9.47 Å². The minimum atomic E-state index is -0.0422. The van der Waals surface area contributed by atoms with Gasteiger partial charge in [-0.05, 0) is 12.8 Å². The summed E-state index contributed by atoms with van der Waals surface area (Å²) in [6.07, 6.45) is 1.66. The van der Waals surface area contributed by atoms with E-state index in [1.54, 1.807) is 0 Å². The first-order valence-corrected chi connectivity index (χ1v) is 4.73. The first kappa shape index (κ1) is 9.59. The maximum atomic E-state index is 5.80. The summed E-state index contributed by atoms with van der Waals surface area (Å²) in [5, 5.41) is 0.0458. The molecular formula is C7H12Cl2O2. The van der Waals surface area contributed by atoms with Crippen LogP contribution in [0.2, 0.25) is 0 Å². The first-order valence-electron chi connectivity index (χ1n) is 3.76. The molecule has 1 unspecified atom stereocenters. The second-order valence-electron chi connectivity index (χ2n) is 2.50. The van der Waals surface area contributed by atoms with E-state index in [9.17, 15) is 0 Å². The number of ether oxygens (including phenoxy) is 2. The topological polar surface area (TPSA) is 18.5 Å². The van der Waals surface area contributed by atoms with Gasteiger partial charge in [0.25, 0.3) is 0 Å².